The Labute approximate surface area is 119 Å². The first-order chi connectivity index (χ1) is 9.42. The molecule has 0 spiro atoms. The number of benzene rings is 1. The van der Waals surface area contributed by atoms with Gasteiger partial charge in [-0.2, -0.15) is 11.3 Å². The fourth-order valence-corrected chi connectivity index (χ4v) is 3.35. The summed E-state index contributed by atoms with van der Waals surface area (Å²) in [6.07, 6.45) is 1.17. The average molecular weight is 272 g/mol. The summed E-state index contributed by atoms with van der Waals surface area (Å²) in [7, 11) is 0. The van der Waals surface area contributed by atoms with Gasteiger partial charge in [-0.25, -0.2) is 0 Å². The number of piperazine rings is 1. The molecule has 100 valence electrons. The molecule has 1 aromatic heterocycles. The van der Waals surface area contributed by atoms with E-state index in [0.29, 0.717) is 6.04 Å². The normalized spacial score (nSPS) is 20.5. The van der Waals surface area contributed by atoms with Gasteiger partial charge < -0.3 is 5.32 Å². The minimum absolute atomic E-state index is 0.484. The van der Waals surface area contributed by atoms with Crippen LogP contribution in [0.15, 0.2) is 47.2 Å². The van der Waals surface area contributed by atoms with Crippen molar-refractivity contribution in [2.24, 2.45) is 0 Å². The van der Waals surface area contributed by atoms with Gasteiger partial charge in [-0.3, -0.25) is 4.90 Å². The molecule has 0 amide bonds. The van der Waals surface area contributed by atoms with Crippen molar-refractivity contribution in [3.05, 3.63) is 58.3 Å². The standard InChI is InChI=1S/C16H20N2S/c1-2-4-15(5-3-1)16-12-18(10-8-17-16)9-6-14-7-11-19-13-14/h1-5,7,11,13,16-17H,6,8-10,12H2. The van der Waals surface area contributed by atoms with Crippen LogP contribution in [0.2, 0.25) is 0 Å². The molecule has 0 bridgehead atoms. The van der Waals surface area contributed by atoms with E-state index in [0.717, 1.165) is 19.6 Å². The SMILES string of the molecule is c1ccc(C2CN(CCc3ccsc3)CCN2)cc1. The fraction of sp³-hybridized carbons (Fsp3) is 0.375. The van der Waals surface area contributed by atoms with Crippen molar-refractivity contribution in [1.82, 2.24) is 10.2 Å². The second-order valence-electron chi connectivity index (χ2n) is 5.10. The van der Waals surface area contributed by atoms with Crippen LogP contribution < -0.4 is 5.32 Å². The summed E-state index contributed by atoms with van der Waals surface area (Å²) >= 11 is 1.79. The zero-order valence-corrected chi connectivity index (χ0v) is 11.9. The van der Waals surface area contributed by atoms with E-state index >= 15 is 0 Å². The fourth-order valence-electron chi connectivity index (χ4n) is 2.64. The molecule has 1 N–H and O–H groups in total. The predicted molar refractivity (Wildman–Crippen MR) is 81.6 cm³/mol. The van der Waals surface area contributed by atoms with E-state index in [1.54, 1.807) is 11.3 Å². The first kappa shape index (κ1) is 12.9. The van der Waals surface area contributed by atoms with Crippen LogP contribution in [0.25, 0.3) is 0 Å². The molecule has 0 aliphatic carbocycles. The van der Waals surface area contributed by atoms with Crippen LogP contribution in [0.4, 0.5) is 0 Å². The lowest BCUT2D eigenvalue weighted by molar-refractivity contribution is 0.203. The average Bonchev–Trinajstić information content (AvgIpc) is 3.00. The lowest BCUT2D eigenvalue weighted by atomic mass is 10.0. The first-order valence-electron chi connectivity index (χ1n) is 6.93. The van der Waals surface area contributed by atoms with Crippen LogP contribution in [0, 0.1) is 0 Å². The van der Waals surface area contributed by atoms with E-state index in [1.165, 1.54) is 24.1 Å². The Kier molecular flexibility index (Phi) is 4.28. The number of nitrogens with one attached hydrogen (secondary N) is 1. The van der Waals surface area contributed by atoms with Crippen LogP contribution in [-0.2, 0) is 6.42 Å². The maximum atomic E-state index is 3.62. The second kappa shape index (κ2) is 6.33. The molecule has 1 aliphatic heterocycles. The molecule has 2 aromatic rings. The molecule has 3 heteroatoms. The van der Waals surface area contributed by atoms with Crippen LogP contribution in [0.5, 0.6) is 0 Å². The van der Waals surface area contributed by atoms with Gasteiger partial charge in [-0.05, 0) is 34.4 Å². The lowest BCUT2D eigenvalue weighted by Crippen LogP contribution is -2.46. The highest BCUT2D eigenvalue weighted by Crippen LogP contribution is 2.17. The molecule has 1 aromatic carbocycles. The summed E-state index contributed by atoms with van der Waals surface area (Å²) in [6.45, 7) is 4.53. The Morgan fingerprint density at radius 1 is 1.21 bits per heavy atom. The summed E-state index contributed by atoms with van der Waals surface area (Å²) in [6, 6.07) is 13.5. The molecule has 1 atom stereocenters. The maximum absolute atomic E-state index is 3.62. The predicted octanol–water partition coefficient (Wildman–Crippen LogP) is 2.94. The lowest BCUT2D eigenvalue weighted by Gasteiger charge is -2.34. The molecule has 19 heavy (non-hydrogen) atoms. The Morgan fingerprint density at radius 3 is 2.89 bits per heavy atom. The summed E-state index contributed by atoms with van der Waals surface area (Å²) in [5.74, 6) is 0. The van der Waals surface area contributed by atoms with Crippen molar-refractivity contribution in [1.29, 1.82) is 0 Å². The Morgan fingerprint density at radius 2 is 2.11 bits per heavy atom. The van der Waals surface area contributed by atoms with Crippen LogP contribution in [0.3, 0.4) is 0 Å². The Bertz CT molecular complexity index is 481. The first-order valence-corrected chi connectivity index (χ1v) is 7.88. The summed E-state index contributed by atoms with van der Waals surface area (Å²) in [5.41, 5.74) is 2.88. The zero-order chi connectivity index (χ0) is 12.9. The zero-order valence-electron chi connectivity index (χ0n) is 11.1. The van der Waals surface area contributed by atoms with Crippen LogP contribution >= 0.6 is 11.3 Å². The van der Waals surface area contributed by atoms with Gasteiger partial charge in [0.1, 0.15) is 0 Å². The highest BCUT2D eigenvalue weighted by molar-refractivity contribution is 7.07. The molecule has 2 nitrogen and oxygen atoms in total. The molecular formula is C16H20N2S. The molecular weight excluding hydrogens is 252 g/mol. The molecule has 1 saturated heterocycles. The van der Waals surface area contributed by atoms with Gasteiger partial charge in [0.2, 0.25) is 0 Å². The summed E-state index contributed by atoms with van der Waals surface area (Å²) in [5, 5.41) is 8.05. The van der Waals surface area contributed by atoms with E-state index < -0.39 is 0 Å². The highest BCUT2D eigenvalue weighted by Gasteiger charge is 2.19. The minimum atomic E-state index is 0.484. The summed E-state index contributed by atoms with van der Waals surface area (Å²) in [4.78, 5) is 2.58. The van der Waals surface area contributed by atoms with Crippen molar-refractivity contribution < 1.29 is 0 Å². The van der Waals surface area contributed by atoms with Crippen molar-refractivity contribution in [2.75, 3.05) is 26.2 Å². The molecule has 0 radical (unpaired) electrons. The van der Waals surface area contributed by atoms with Gasteiger partial charge in [0.05, 0.1) is 0 Å². The van der Waals surface area contributed by atoms with Crippen LogP contribution in [-0.4, -0.2) is 31.1 Å². The maximum Gasteiger partial charge on any atom is 0.0449 e. The second-order valence-corrected chi connectivity index (χ2v) is 5.88. The van der Waals surface area contributed by atoms with Gasteiger partial charge in [0, 0.05) is 32.2 Å². The quantitative estimate of drug-likeness (QED) is 0.920. The third-order valence-corrected chi connectivity index (χ3v) is 4.49. The molecule has 2 heterocycles. The van der Waals surface area contributed by atoms with Gasteiger partial charge in [-0.15, -0.1) is 0 Å². The third-order valence-electron chi connectivity index (χ3n) is 3.76. The van der Waals surface area contributed by atoms with E-state index in [9.17, 15) is 0 Å². The van der Waals surface area contributed by atoms with Crippen molar-refractivity contribution in [3.63, 3.8) is 0 Å². The van der Waals surface area contributed by atoms with Gasteiger partial charge in [-0.1, -0.05) is 30.3 Å². The Hall–Kier alpha value is -1.16. The summed E-state index contributed by atoms with van der Waals surface area (Å²) < 4.78 is 0. The Balaban J connectivity index is 1.56. The molecule has 1 unspecified atom stereocenters. The number of nitrogens with zero attached hydrogens (tertiary/aromatic N) is 1. The number of hydrogen-bond donors (Lipinski definition) is 1. The monoisotopic (exact) mass is 272 g/mol. The van der Waals surface area contributed by atoms with Gasteiger partial charge >= 0.3 is 0 Å². The van der Waals surface area contributed by atoms with Gasteiger partial charge in [0.25, 0.3) is 0 Å². The minimum Gasteiger partial charge on any atom is -0.308 e. The van der Waals surface area contributed by atoms with E-state index in [1.807, 2.05) is 0 Å². The van der Waals surface area contributed by atoms with Crippen molar-refractivity contribution >= 4 is 11.3 Å². The van der Waals surface area contributed by atoms with E-state index in [4.69, 9.17) is 0 Å². The molecule has 0 saturated carbocycles. The highest BCUT2D eigenvalue weighted by atomic mass is 32.1. The molecule has 3 rings (SSSR count). The molecule has 1 aliphatic rings. The largest absolute Gasteiger partial charge is 0.308 e. The van der Waals surface area contributed by atoms with Gasteiger partial charge in [0.15, 0.2) is 0 Å². The number of rotatable bonds is 4. The number of hydrogen-bond acceptors (Lipinski definition) is 3. The topological polar surface area (TPSA) is 15.3 Å². The van der Waals surface area contributed by atoms with E-state index in [2.05, 4.69) is 57.4 Å². The smallest absolute Gasteiger partial charge is 0.0449 e. The molecule has 1 fully saturated rings. The van der Waals surface area contributed by atoms with Crippen LogP contribution in [0.1, 0.15) is 17.2 Å². The van der Waals surface area contributed by atoms with Crippen molar-refractivity contribution in [2.45, 2.75) is 12.5 Å². The van der Waals surface area contributed by atoms with Crippen molar-refractivity contribution in [3.8, 4) is 0 Å². The third kappa shape index (κ3) is 3.44. The number of thiophene rings is 1. The van der Waals surface area contributed by atoms with E-state index in [-0.39, 0.29) is 0 Å².